The van der Waals surface area contributed by atoms with Crippen molar-refractivity contribution in [1.29, 1.82) is 0 Å². The summed E-state index contributed by atoms with van der Waals surface area (Å²) in [6, 6.07) is -3.00. The predicted octanol–water partition coefficient (Wildman–Crippen LogP) is 3.80. The van der Waals surface area contributed by atoms with Crippen LogP contribution in [0.2, 0.25) is 0 Å². The van der Waals surface area contributed by atoms with Gasteiger partial charge in [-0.05, 0) is 11.6 Å². The van der Waals surface area contributed by atoms with E-state index < -0.39 is 53.4 Å². The van der Waals surface area contributed by atoms with Crippen LogP contribution in [0.4, 0.5) is 52.7 Å². The molecule has 0 saturated heterocycles. The second kappa shape index (κ2) is 6.25. The fourth-order valence-corrected chi connectivity index (χ4v) is 1.41. The van der Waals surface area contributed by atoms with Gasteiger partial charge in [0.25, 0.3) is 0 Å². The number of rotatable bonds is 8. The van der Waals surface area contributed by atoms with Crippen molar-refractivity contribution in [3.63, 3.8) is 0 Å². The summed E-state index contributed by atoms with van der Waals surface area (Å²) in [5, 5.41) is 1.61. The number of nitrogens with two attached hydrogens (primary N) is 1. The second-order valence-corrected chi connectivity index (χ2v) is 5.12. The van der Waals surface area contributed by atoms with Crippen molar-refractivity contribution in [2.45, 2.75) is 47.5 Å². The Bertz CT molecular complexity index is 517. The van der Waals surface area contributed by atoms with Crippen LogP contribution in [0.3, 0.4) is 0 Å². The number of halogens is 13. The van der Waals surface area contributed by atoms with Gasteiger partial charge in [-0.25, -0.2) is 0 Å². The van der Waals surface area contributed by atoms with Gasteiger partial charge < -0.3 is 10.8 Å². The molecule has 0 spiro atoms. The summed E-state index contributed by atoms with van der Waals surface area (Å²) < 4.78 is 155. The number of carboxylic acids is 1. The summed E-state index contributed by atoms with van der Waals surface area (Å²) in [5.41, 5.74) is 4.37. The van der Waals surface area contributed by atoms with Crippen LogP contribution in [-0.4, -0.2) is 52.1 Å². The Morgan fingerprint density at radius 1 is 0.800 bits per heavy atom. The van der Waals surface area contributed by atoms with Gasteiger partial charge in [0.1, 0.15) is 6.04 Å². The monoisotopic (exact) mass is 423 g/mol. The Morgan fingerprint density at radius 2 is 1.12 bits per heavy atom. The van der Waals surface area contributed by atoms with E-state index in [2.05, 4.69) is 17.3 Å². The molecular formula is C9H6ClF12NO2. The van der Waals surface area contributed by atoms with E-state index in [1.807, 2.05) is 0 Å². The highest BCUT2D eigenvalue weighted by Crippen LogP contribution is 2.61. The van der Waals surface area contributed by atoms with E-state index in [4.69, 9.17) is 5.11 Å². The number of carbonyl (C=O) groups is 1. The largest absolute Gasteiger partial charge is 0.480 e. The molecule has 150 valence electrons. The second-order valence-electron chi connectivity index (χ2n) is 4.65. The fraction of sp³-hybridized carbons (Fsp3) is 0.889. The van der Waals surface area contributed by atoms with Crippen LogP contribution in [0, 0.1) is 0 Å². The van der Waals surface area contributed by atoms with Crippen LogP contribution < -0.4 is 5.73 Å². The van der Waals surface area contributed by atoms with E-state index in [9.17, 15) is 57.5 Å². The van der Waals surface area contributed by atoms with Crippen molar-refractivity contribution in [1.82, 2.24) is 0 Å². The maximum atomic E-state index is 13.2. The zero-order valence-corrected chi connectivity index (χ0v) is 11.9. The molecule has 1 atom stereocenters. The van der Waals surface area contributed by atoms with Gasteiger partial charge in [-0.15, -0.1) is 0 Å². The predicted molar refractivity (Wildman–Crippen MR) is 55.8 cm³/mol. The van der Waals surface area contributed by atoms with Gasteiger partial charge in [0, 0.05) is 6.42 Å². The molecule has 0 radical (unpaired) electrons. The Morgan fingerprint density at radius 3 is 1.40 bits per heavy atom. The third-order valence-electron chi connectivity index (χ3n) is 2.79. The number of aliphatic carboxylic acids is 1. The van der Waals surface area contributed by atoms with Gasteiger partial charge >= 0.3 is 41.0 Å². The Labute approximate surface area is 134 Å². The molecule has 0 aromatic rings. The third-order valence-corrected chi connectivity index (χ3v) is 3.03. The lowest BCUT2D eigenvalue weighted by Crippen LogP contribution is -2.70. The molecule has 0 rings (SSSR count). The van der Waals surface area contributed by atoms with Crippen LogP contribution in [0.5, 0.6) is 0 Å². The molecule has 0 aliphatic heterocycles. The molecule has 0 aromatic heterocycles. The van der Waals surface area contributed by atoms with Crippen LogP contribution >= 0.6 is 11.6 Å². The van der Waals surface area contributed by atoms with Gasteiger partial charge in [0.2, 0.25) is 0 Å². The molecule has 0 aliphatic rings. The summed E-state index contributed by atoms with van der Waals surface area (Å²) in [7, 11) is 0. The van der Waals surface area contributed by atoms with E-state index >= 15 is 0 Å². The zero-order chi connectivity index (χ0) is 20.9. The average Bonchev–Trinajstić information content (AvgIpc) is 2.35. The van der Waals surface area contributed by atoms with Crippen LogP contribution in [0.1, 0.15) is 6.42 Å². The highest BCUT2D eigenvalue weighted by molar-refractivity contribution is 6.22. The van der Waals surface area contributed by atoms with Gasteiger partial charge in [-0.3, -0.25) is 4.79 Å². The highest BCUT2D eigenvalue weighted by Gasteiger charge is 2.89. The molecular weight excluding hydrogens is 418 g/mol. The van der Waals surface area contributed by atoms with Crippen molar-refractivity contribution in [2.24, 2.45) is 5.73 Å². The minimum atomic E-state index is -7.79. The van der Waals surface area contributed by atoms with Crippen molar-refractivity contribution in [2.75, 3.05) is 0 Å². The molecule has 0 heterocycles. The number of alkyl halides is 13. The Balaban J connectivity index is 6.16. The topological polar surface area (TPSA) is 63.3 Å². The number of hydrogen-bond donors (Lipinski definition) is 2. The molecule has 0 amide bonds. The zero-order valence-electron chi connectivity index (χ0n) is 11.1. The van der Waals surface area contributed by atoms with Gasteiger partial charge in [-0.2, -0.15) is 52.7 Å². The molecule has 0 fully saturated rings. The molecule has 25 heavy (non-hydrogen) atoms. The lowest BCUT2D eigenvalue weighted by molar-refractivity contribution is -0.417. The highest BCUT2D eigenvalue weighted by atomic mass is 35.5. The van der Waals surface area contributed by atoms with Crippen LogP contribution in [0.25, 0.3) is 0 Å². The first kappa shape index (κ1) is 23.9. The SMILES string of the molecule is N[C@H](CC(F)(F)C(F)(F)C(F)(F)C(F)(F)C(F)(F)C(F)(F)Cl)C(=O)O. The molecule has 0 bridgehead atoms. The lowest BCUT2D eigenvalue weighted by atomic mass is 9.91. The maximum Gasteiger partial charge on any atom is 0.393 e. The van der Waals surface area contributed by atoms with Gasteiger partial charge in [-0.1, -0.05) is 0 Å². The molecule has 3 N–H and O–H groups in total. The minimum Gasteiger partial charge on any atom is -0.480 e. The quantitative estimate of drug-likeness (QED) is 0.461. The Kier molecular flexibility index (Phi) is 5.97. The van der Waals surface area contributed by atoms with Crippen LogP contribution in [-0.2, 0) is 4.79 Å². The lowest BCUT2D eigenvalue weighted by Gasteiger charge is -2.40. The van der Waals surface area contributed by atoms with E-state index in [0.717, 1.165) is 0 Å². The Hall–Kier alpha value is -1.12. The molecule has 3 nitrogen and oxygen atoms in total. The molecule has 0 unspecified atom stereocenters. The molecule has 16 heteroatoms. The molecule has 0 aliphatic carbocycles. The van der Waals surface area contributed by atoms with Crippen molar-refractivity contribution in [3.8, 4) is 0 Å². The summed E-state index contributed by atoms with van der Waals surface area (Å²) in [5.74, 6) is -39.2. The van der Waals surface area contributed by atoms with E-state index in [0.29, 0.717) is 0 Å². The first-order valence-corrected chi connectivity index (χ1v) is 5.90. The molecule has 0 saturated carbocycles. The van der Waals surface area contributed by atoms with E-state index in [1.54, 1.807) is 0 Å². The number of hydrogen-bond acceptors (Lipinski definition) is 2. The first-order chi connectivity index (χ1) is 10.6. The normalized spacial score (nSPS) is 16.7. The van der Waals surface area contributed by atoms with E-state index in [-0.39, 0.29) is 0 Å². The van der Waals surface area contributed by atoms with Gasteiger partial charge in [0.15, 0.2) is 0 Å². The van der Waals surface area contributed by atoms with Crippen molar-refractivity contribution >= 4 is 17.6 Å². The fourth-order valence-electron chi connectivity index (χ4n) is 1.29. The standard InChI is InChI=1S/C9H6ClF12NO2/c10-9(21,22)8(19,20)7(17,18)6(15,16)5(13,14)4(11,12)1-2(23)3(24)25/h2H,1,23H2,(H,24,25)/t2-/m1/s1. The first-order valence-electron chi connectivity index (χ1n) is 5.52. The summed E-state index contributed by atoms with van der Waals surface area (Å²) in [6.07, 6.45) is -2.90. The average molecular weight is 424 g/mol. The van der Waals surface area contributed by atoms with Gasteiger partial charge in [0.05, 0.1) is 0 Å². The van der Waals surface area contributed by atoms with Crippen LogP contribution in [0.15, 0.2) is 0 Å². The van der Waals surface area contributed by atoms with E-state index in [1.165, 1.54) is 0 Å². The summed E-state index contributed by atoms with van der Waals surface area (Å²) in [4.78, 5) is 10.2. The van der Waals surface area contributed by atoms with Crippen molar-refractivity contribution < 1.29 is 62.6 Å². The summed E-state index contributed by atoms with van der Waals surface area (Å²) in [6.45, 7) is 0. The minimum absolute atomic E-state index is 2.46. The number of carboxylic acid groups (broad SMARTS) is 1. The third kappa shape index (κ3) is 3.57. The smallest absolute Gasteiger partial charge is 0.393 e. The maximum absolute atomic E-state index is 13.2. The molecule has 0 aromatic carbocycles. The van der Waals surface area contributed by atoms with Crippen molar-refractivity contribution in [3.05, 3.63) is 0 Å². The summed E-state index contributed by atoms with van der Waals surface area (Å²) >= 11 is 3.48.